The molecular weight excluding hydrogens is 244 g/mol. The highest BCUT2D eigenvalue weighted by atomic mass is 35.5. The van der Waals surface area contributed by atoms with Crippen LogP contribution in [0.15, 0.2) is 60.7 Å². The summed E-state index contributed by atoms with van der Waals surface area (Å²) in [5.41, 5.74) is 2.84. The minimum absolute atomic E-state index is 0.202. The van der Waals surface area contributed by atoms with Gasteiger partial charge in [-0.15, -0.1) is 0 Å². The molecule has 0 spiro atoms. The smallest absolute Gasteiger partial charge is 0.222 e. The lowest BCUT2D eigenvalue weighted by Gasteiger charge is -2.08. The summed E-state index contributed by atoms with van der Waals surface area (Å²) in [7, 11) is 0. The Morgan fingerprint density at radius 2 is 1.67 bits per heavy atom. The van der Waals surface area contributed by atoms with E-state index in [1.165, 1.54) is 0 Å². The Kier molecular flexibility index (Phi) is 2.95. The SMILES string of the molecule is Clc1nc(-c2ccccc2)cc(C2C=CC=C2)n1. The molecule has 1 aliphatic carbocycles. The van der Waals surface area contributed by atoms with Crippen LogP contribution >= 0.6 is 11.6 Å². The van der Waals surface area contributed by atoms with E-state index in [4.69, 9.17) is 11.6 Å². The average Bonchev–Trinajstić information content (AvgIpc) is 2.93. The number of hydrogen-bond donors (Lipinski definition) is 0. The zero-order valence-corrected chi connectivity index (χ0v) is 10.4. The van der Waals surface area contributed by atoms with E-state index in [1.807, 2.05) is 48.6 Å². The molecule has 0 amide bonds. The van der Waals surface area contributed by atoms with Crippen LogP contribution < -0.4 is 0 Å². The number of allylic oxidation sites excluding steroid dienone is 4. The summed E-state index contributed by atoms with van der Waals surface area (Å²) in [5, 5.41) is 0.292. The molecule has 1 heterocycles. The average molecular weight is 255 g/mol. The van der Waals surface area contributed by atoms with Gasteiger partial charge in [-0.05, 0) is 17.7 Å². The zero-order valence-electron chi connectivity index (χ0n) is 9.62. The lowest BCUT2D eigenvalue weighted by Crippen LogP contribution is -1.98. The number of nitrogens with zero attached hydrogens (tertiary/aromatic N) is 2. The van der Waals surface area contributed by atoms with E-state index in [0.29, 0.717) is 5.28 Å². The third-order valence-corrected chi connectivity index (χ3v) is 3.05. The summed E-state index contributed by atoms with van der Waals surface area (Å²) >= 11 is 6.01. The molecule has 18 heavy (non-hydrogen) atoms. The van der Waals surface area contributed by atoms with Crippen LogP contribution in [0, 0.1) is 0 Å². The van der Waals surface area contributed by atoms with Gasteiger partial charge in [-0.25, -0.2) is 9.97 Å². The molecule has 1 aliphatic rings. The third-order valence-electron chi connectivity index (χ3n) is 2.88. The summed E-state index contributed by atoms with van der Waals surface area (Å²) in [4.78, 5) is 8.57. The van der Waals surface area contributed by atoms with E-state index < -0.39 is 0 Å². The van der Waals surface area contributed by atoms with Crippen LogP contribution in [0.25, 0.3) is 11.3 Å². The Hall–Kier alpha value is -1.93. The molecule has 0 unspecified atom stereocenters. The Labute approximate surface area is 111 Å². The number of hydrogen-bond acceptors (Lipinski definition) is 2. The van der Waals surface area contributed by atoms with Crippen LogP contribution in [0.5, 0.6) is 0 Å². The van der Waals surface area contributed by atoms with E-state index in [9.17, 15) is 0 Å². The van der Waals surface area contributed by atoms with Crippen molar-refractivity contribution >= 4 is 11.6 Å². The molecule has 0 N–H and O–H groups in total. The van der Waals surface area contributed by atoms with E-state index in [1.54, 1.807) is 0 Å². The largest absolute Gasteiger partial charge is 0.223 e. The molecule has 0 aliphatic heterocycles. The molecule has 0 saturated heterocycles. The Morgan fingerprint density at radius 3 is 2.39 bits per heavy atom. The minimum Gasteiger partial charge on any atom is -0.222 e. The van der Waals surface area contributed by atoms with Gasteiger partial charge in [0, 0.05) is 11.5 Å². The first kappa shape index (κ1) is 11.2. The fourth-order valence-electron chi connectivity index (χ4n) is 1.99. The predicted molar refractivity (Wildman–Crippen MR) is 73.5 cm³/mol. The Bertz CT molecular complexity index is 606. The second kappa shape index (κ2) is 4.75. The quantitative estimate of drug-likeness (QED) is 0.757. The second-order valence-corrected chi connectivity index (χ2v) is 4.45. The lowest BCUT2D eigenvalue weighted by molar-refractivity contribution is 0.978. The highest BCUT2D eigenvalue weighted by Gasteiger charge is 2.12. The minimum atomic E-state index is 0.202. The Balaban J connectivity index is 2.06. The van der Waals surface area contributed by atoms with Crippen molar-refractivity contribution in [3.8, 4) is 11.3 Å². The fraction of sp³-hybridized carbons (Fsp3) is 0.0667. The van der Waals surface area contributed by atoms with Crippen LogP contribution in [-0.2, 0) is 0 Å². The number of halogens is 1. The van der Waals surface area contributed by atoms with Crippen molar-refractivity contribution in [1.29, 1.82) is 0 Å². The third kappa shape index (κ3) is 2.20. The van der Waals surface area contributed by atoms with Crippen molar-refractivity contribution in [3.05, 3.63) is 71.7 Å². The predicted octanol–water partition coefficient (Wildman–Crippen LogP) is 4.01. The van der Waals surface area contributed by atoms with Gasteiger partial charge in [0.05, 0.1) is 11.4 Å². The van der Waals surface area contributed by atoms with E-state index in [0.717, 1.165) is 17.0 Å². The molecule has 1 aromatic heterocycles. The topological polar surface area (TPSA) is 25.8 Å². The van der Waals surface area contributed by atoms with Crippen LogP contribution in [0.3, 0.4) is 0 Å². The highest BCUT2D eigenvalue weighted by molar-refractivity contribution is 6.28. The summed E-state index contributed by atoms with van der Waals surface area (Å²) in [6.45, 7) is 0. The molecule has 0 fully saturated rings. The van der Waals surface area contributed by atoms with Gasteiger partial charge in [-0.2, -0.15) is 0 Å². The molecule has 2 nitrogen and oxygen atoms in total. The molecule has 3 heteroatoms. The van der Waals surface area contributed by atoms with Crippen LogP contribution in [0.2, 0.25) is 5.28 Å². The van der Waals surface area contributed by atoms with Gasteiger partial charge in [0.25, 0.3) is 0 Å². The van der Waals surface area contributed by atoms with Gasteiger partial charge in [-0.3, -0.25) is 0 Å². The standard InChI is InChI=1S/C15H11ClN2/c16-15-17-13(11-6-2-1-3-7-11)10-14(18-15)12-8-4-5-9-12/h1-10,12H. The van der Waals surface area contributed by atoms with Crippen LogP contribution in [0.1, 0.15) is 11.6 Å². The van der Waals surface area contributed by atoms with Crippen molar-refractivity contribution in [1.82, 2.24) is 9.97 Å². The molecule has 2 aromatic rings. The number of benzene rings is 1. The van der Waals surface area contributed by atoms with E-state index in [2.05, 4.69) is 22.1 Å². The van der Waals surface area contributed by atoms with Crippen molar-refractivity contribution in [2.45, 2.75) is 5.92 Å². The first-order valence-electron chi connectivity index (χ1n) is 5.78. The first-order chi connectivity index (χ1) is 8.83. The maximum atomic E-state index is 6.01. The molecule has 1 aromatic carbocycles. The summed E-state index contributed by atoms with van der Waals surface area (Å²) in [6, 6.07) is 12.0. The molecule has 0 saturated carbocycles. The lowest BCUT2D eigenvalue weighted by atomic mass is 10.0. The van der Waals surface area contributed by atoms with Gasteiger partial charge >= 0.3 is 0 Å². The maximum absolute atomic E-state index is 6.01. The summed E-state index contributed by atoms with van der Waals surface area (Å²) in [5.74, 6) is 0.202. The van der Waals surface area contributed by atoms with E-state index in [-0.39, 0.29) is 5.92 Å². The first-order valence-corrected chi connectivity index (χ1v) is 6.15. The normalized spacial score (nSPS) is 14.3. The number of rotatable bonds is 2. The molecular formula is C15H11ClN2. The molecule has 0 atom stereocenters. The second-order valence-electron chi connectivity index (χ2n) is 4.11. The zero-order chi connectivity index (χ0) is 12.4. The molecule has 3 rings (SSSR count). The van der Waals surface area contributed by atoms with Crippen molar-refractivity contribution in [2.24, 2.45) is 0 Å². The van der Waals surface area contributed by atoms with Gasteiger partial charge in [0.15, 0.2) is 0 Å². The molecule has 0 bridgehead atoms. The van der Waals surface area contributed by atoms with Crippen molar-refractivity contribution in [3.63, 3.8) is 0 Å². The molecule has 0 radical (unpaired) electrons. The highest BCUT2D eigenvalue weighted by Crippen LogP contribution is 2.26. The van der Waals surface area contributed by atoms with Crippen molar-refractivity contribution < 1.29 is 0 Å². The van der Waals surface area contributed by atoms with Gasteiger partial charge in [0.1, 0.15) is 0 Å². The van der Waals surface area contributed by atoms with Crippen LogP contribution in [0.4, 0.5) is 0 Å². The monoisotopic (exact) mass is 254 g/mol. The van der Waals surface area contributed by atoms with Gasteiger partial charge in [0.2, 0.25) is 5.28 Å². The maximum Gasteiger partial charge on any atom is 0.223 e. The summed E-state index contributed by atoms with van der Waals surface area (Å²) in [6.07, 6.45) is 8.21. The van der Waals surface area contributed by atoms with Gasteiger partial charge < -0.3 is 0 Å². The van der Waals surface area contributed by atoms with Crippen LogP contribution in [-0.4, -0.2) is 9.97 Å². The van der Waals surface area contributed by atoms with Crippen molar-refractivity contribution in [2.75, 3.05) is 0 Å². The summed E-state index contributed by atoms with van der Waals surface area (Å²) < 4.78 is 0. The fourth-order valence-corrected chi connectivity index (χ4v) is 2.18. The van der Waals surface area contributed by atoms with Gasteiger partial charge in [-0.1, -0.05) is 54.6 Å². The van der Waals surface area contributed by atoms with E-state index >= 15 is 0 Å². The Morgan fingerprint density at radius 1 is 0.944 bits per heavy atom. The molecule has 88 valence electrons. The number of aromatic nitrogens is 2.